The summed E-state index contributed by atoms with van der Waals surface area (Å²) in [4.78, 5) is 28.6. The molecule has 4 fully saturated rings. The third-order valence-corrected chi connectivity index (χ3v) is 6.44. The Kier molecular flexibility index (Phi) is 4.49. The van der Waals surface area contributed by atoms with Gasteiger partial charge in [0.1, 0.15) is 6.04 Å². The lowest BCUT2D eigenvalue weighted by molar-refractivity contribution is -0.132. The Hall–Kier alpha value is -1.92. The molecule has 2 N–H and O–H groups in total. The van der Waals surface area contributed by atoms with Crippen molar-refractivity contribution in [1.82, 2.24) is 20.8 Å². The Morgan fingerprint density at radius 3 is 2.31 bits per heavy atom. The first-order valence-corrected chi connectivity index (χ1v) is 9.77. The fourth-order valence-electron chi connectivity index (χ4n) is 5.93. The number of carbonyl (C=O) groups is 2. The SMILES string of the molecule is Cc1noc([C@@H](C)NC(=O)CNC(=O)CC23CC4CC(CC(C4)C2)C3)n1. The van der Waals surface area contributed by atoms with Crippen LogP contribution in [0.2, 0.25) is 0 Å². The minimum Gasteiger partial charge on any atom is -0.347 e. The summed E-state index contributed by atoms with van der Waals surface area (Å²) < 4.78 is 5.05. The maximum atomic E-state index is 12.5. The lowest BCUT2D eigenvalue weighted by atomic mass is 9.49. The van der Waals surface area contributed by atoms with Crippen molar-refractivity contribution in [1.29, 1.82) is 0 Å². The molecule has 1 aromatic heterocycles. The van der Waals surface area contributed by atoms with Crippen molar-refractivity contribution in [2.24, 2.45) is 23.2 Å². The fourth-order valence-corrected chi connectivity index (χ4v) is 5.93. The Morgan fingerprint density at radius 1 is 1.15 bits per heavy atom. The summed E-state index contributed by atoms with van der Waals surface area (Å²) in [6, 6.07) is -0.372. The van der Waals surface area contributed by atoms with E-state index >= 15 is 0 Å². The molecule has 1 aromatic rings. The zero-order valence-corrected chi connectivity index (χ0v) is 15.6. The summed E-state index contributed by atoms with van der Waals surface area (Å²) in [6.07, 6.45) is 8.29. The first kappa shape index (κ1) is 17.5. The molecule has 4 bridgehead atoms. The van der Waals surface area contributed by atoms with E-state index in [2.05, 4.69) is 20.8 Å². The molecule has 1 heterocycles. The first-order chi connectivity index (χ1) is 12.4. The van der Waals surface area contributed by atoms with E-state index in [0.717, 1.165) is 17.8 Å². The third-order valence-electron chi connectivity index (χ3n) is 6.44. The van der Waals surface area contributed by atoms with Crippen LogP contribution in [0.5, 0.6) is 0 Å². The van der Waals surface area contributed by atoms with E-state index in [9.17, 15) is 9.59 Å². The number of rotatable bonds is 6. The number of hydrogen-bond donors (Lipinski definition) is 2. The van der Waals surface area contributed by atoms with Crippen molar-refractivity contribution >= 4 is 11.8 Å². The molecule has 26 heavy (non-hydrogen) atoms. The highest BCUT2D eigenvalue weighted by Gasteiger charge is 2.51. The lowest BCUT2D eigenvalue weighted by Crippen LogP contribution is -2.48. The molecule has 4 saturated carbocycles. The van der Waals surface area contributed by atoms with Gasteiger partial charge in [0.05, 0.1) is 6.54 Å². The number of aryl methyl sites for hydroxylation is 1. The number of amides is 2. The molecule has 0 spiro atoms. The molecule has 4 aliphatic carbocycles. The standard InChI is InChI=1S/C19H28N4O3/c1-11(18-22-12(2)23-26-18)21-17(25)10-20-16(24)9-19-6-13-3-14(7-19)5-15(4-13)8-19/h11,13-15H,3-10H2,1-2H3,(H,20,24)(H,21,25)/t11-,13?,14?,15?,19?/m1/s1. The van der Waals surface area contributed by atoms with Gasteiger partial charge >= 0.3 is 0 Å². The molecule has 0 saturated heterocycles. The van der Waals surface area contributed by atoms with Crippen LogP contribution < -0.4 is 10.6 Å². The van der Waals surface area contributed by atoms with Crippen LogP contribution in [0.3, 0.4) is 0 Å². The first-order valence-electron chi connectivity index (χ1n) is 9.77. The highest BCUT2D eigenvalue weighted by molar-refractivity contribution is 5.85. The van der Waals surface area contributed by atoms with Crippen molar-refractivity contribution < 1.29 is 14.1 Å². The zero-order valence-electron chi connectivity index (χ0n) is 15.6. The summed E-state index contributed by atoms with van der Waals surface area (Å²) in [6.45, 7) is 3.50. The fraction of sp³-hybridized carbons (Fsp3) is 0.789. The van der Waals surface area contributed by atoms with Crippen LogP contribution in [0, 0.1) is 30.1 Å². The van der Waals surface area contributed by atoms with E-state index in [1.807, 2.05) is 0 Å². The molecular weight excluding hydrogens is 332 g/mol. The third kappa shape index (κ3) is 3.62. The molecule has 0 radical (unpaired) electrons. The molecule has 142 valence electrons. The number of nitrogens with one attached hydrogen (secondary N) is 2. The van der Waals surface area contributed by atoms with E-state index in [1.54, 1.807) is 13.8 Å². The van der Waals surface area contributed by atoms with Crippen LogP contribution in [0.1, 0.15) is 69.6 Å². The van der Waals surface area contributed by atoms with Crippen LogP contribution in [-0.2, 0) is 9.59 Å². The maximum Gasteiger partial charge on any atom is 0.248 e. The second-order valence-electron chi connectivity index (χ2n) is 8.84. The van der Waals surface area contributed by atoms with Gasteiger partial charge < -0.3 is 15.2 Å². The van der Waals surface area contributed by atoms with E-state index in [0.29, 0.717) is 18.1 Å². The molecule has 7 nitrogen and oxygen atoms in total. The Morgan fingerprint density at radius 2 is 1.77 bits per heavy atom. The van der Waals surface area contributed by atoms with Crippen LogP contribution >= 0.6 is 0 Å². The van der Waals surface area contributed by atoms with Gasteiger partial charge in [-0.05, 0) is 75.5 Å². The number of nitrogens with zero attached hydrogens (tertiary/aromatic N) is 2. The van der Waals surface area contributed by atoms with Crippen LogP contribution in [0.4, 0.5) is 0 Å². The lowest BCUT2D eigenvalue weighted by Gasteiger charge is -2.56. The molecule has 0 aliphatic heterocycles. The minimum absolute atomic E-state index is 0.00314. The molecule has 0 unspecified atom stereocenters. The van der Waals surface area contributed by atoms with Gasteiger partial charge in [-0.2, -0.15) is 4.98 Å². The van der Waals surface area contributed by atoms with Crippen molar-refractivity contribution in [3.63, 3.8) is 0 Å². The number of carbonyl (C=O) groups excluding carboxylic acids is 2. The normalized spacial score (nSPS) is 33.1. The molecular formula is C19H28N4O3. The molecule has 4 aliphatic rings. The molecule has 5 rings (SSSR count). The quantitative estimate of drug-likeness (QED) is 0.811. The highest BCUT2D eigenvalue weighted by Crippen LogP contribution is 2.61. The van der Waals surface area contributed by atoms with Crippen LogP contribution in [0.15, 0.2) is 4.52 Å². The van der Waals surface area contributed by atoms with E-state index < -0.39 is 0 Å². The molecule has 1 atom stereocenters. The topological polar surface area (TPSA) is 97.1 Å². The number of aromatic nitrogens is 2. The van der Waals surface area contributed by atoms with Gasteiger partial charge in [-0.3, -0.25) is 9.59 Å². The maximum absolute atomic E-state index is 12.5. The van der Waals surface area contributed by atoms with Gasteiger partial charge in [0, 0.05) is 6.42 Å². The summed E-state index contributed by atoms with van der Waals surface area (Å²) in [5, 5.41) is 9.29. The molecule has 0 aromatic carbocycles. The number of hydrogen-bond acceptors (Lipinski definition) is 5. The van der Waals surface area contributed by atoms with Crippen molar-refractivity contribution in [2.75, 3.05) is 6.54 Å². The van der Waals surface area contributed by atoms with Crippen molar-refractivity contribution in [3.8, 4) is 0 Å². The van der Waals surface area contributed by atoms with Gasteiger partial charge in [0.15, 0.2) is 5.82 Å². The second kappa shape index (κ2) is 6.67. The zero-order chi connectivity index (χ0) is 18.3. The Balaban J connectivity index is 1.24. The predicted molar refractivity (Wildman–Crippen MR) is 93.8 cm³/mol. The molecule has 7 heteroatoms. The van der Waals surface area contributed by atoms with E-state index in [-0.39, 0.29) is 29.8 Å². The Labute approximate surface area is 153 Å². The summed E-state index contributed by atoms with van der Waals surface area (Å²) in [5.74, 6) is 3.15. The van der Waals surface area contributed by atoms with E-state index in [4.69, 9.17) is 4.52 Å². The van der Waals surface area contributed by atoms with Gasteiger partial charge in [0.25, 0.3) is 0 Å². The Bertz CT molecular complexity index is 663. The van der Waals surface area contributed by atoms with Crippen molar-refractivity contribution in [2.45, 2.75) is 64.8 Å². The van der Waals surface area contributed by atoms with Crippen LogP contribution in [-0.4, -0.2) is 28.5 Å². The van der Waals surface area contributed by atoms with Crippen molar-refractivity contribution in [3.05, 3.63) is 11.7 Å². The van der Waals surface area contributed by atoms with Gasteiger partial charge in [0.2, 0.25) is 17.7 Å². The molecule has 2 amide bonds. The van der Waals surface area contributed by atoms with Crippen LogP contribution in [0.25, 0.3) is 0 Å². The van der Waals surface area contributed by atoms with Gasteiger partial charge in [-0.1, -0.05) is 5.16 Å². The summed E-state index contributed by atoms with van der Waals surface area (Å²) >= 11 is 0. The summed E-state index contributed by atoms with van der Waals surface area (Å²) in [5.41, 5.74) is 0.198. The minimum atomic E-state index is -0.372. The van der Waals surface area contributed by atoms with E-state index in [1.165, 1.54) is 38.5 Å². The van der Waals surface area contributed by atoms with Gasteiger partial charge in [-0.15, -0.1) is 0 Å². The predicted octanol–water partition coefficient (Wildman–Crippen LogP) is 2.28. The summed E-state index contributed by atoms with van der Waals surface area (Å²) in [7, 11) is 0. The highest BCUT2D eigenvalue weighted by atomic mass is 16.5. The average Bonchev–Trinajstić information content (AvgIpc) is 2.98. The average molecular weight is 360 g/mol. The largest absolute Gasteiger partial charge is 0.347 e. The van der Waals surface area contributed by atoms with Gasteiger partial charge in [-0.25, -0.2) is 0 Å². The second-order valence-corrected chi connectivity index (χ2v) is 8.84. The monoisotopic (exact) mass is 360 g/mol. The smallest absolute Gasteiger partial charge is 0.248 e.